The van der Waals surface area contributed by atoms with Gasteiger partial charge in [0.2, 0.25) is 0 Å². The fraction of sp³-hybridized carbons (Fsp3) is 1.00. The van der Waals surface area contributed by atoms with E-state index in [2.05, 4.69) is 0 Å². The highest BCUT2D eigenvalue weighted by Crippen LogP contribution is 2.45. The highest BCUT2D eigenvalue weighted by Gasteiger charge is 2.64. The number of hydrogen-bond acceptors (Lipinski definition) is 12. The molecule has 0 aromatic heterocycles. The summed E-state index contributed by atoms with van der Waals surface area (Å²) in [5.41, 5.74) is -2.18. The van der Waals surface area contributed by atoms with E-state index in [4.69, 9.17) is 56.0 Å². The van der Waals surface area contributed by atoms with Gasteiger partial charge in [0.1, 0.15) is 49.1 Å². The van der Waals surface area contributed by atoms with E-state index < -0.39 is 35.0 Å². The van der Waals surface area contributed by atoms with Crippen molar-refractivity contribution in [1.29, 1.82) is 0 Å². The van der Waals surface area contributed by atoms with Crippen LogP contribution in [0.4, 0.5) is 0 Å². The summed E-state index contributed by atoms with van der Waals surface area (Å²) in [5.74, 6) is -0.203. The van der Waals surface area contributed by atoms with Crippen LogP contribution in [-0.2, 0) is 37.9 Å². The molecule has 6 saturated heterocycles. The molecule has 4 unspecified atom stereocenters. The second-order valence-corrected chi connectivity index (χ2v) is 10.4. The van der Waals surface area contributed by atoms with Crippen molar-refractivity contribution in [2.75, 3.05) is 60.5 Å². The lowest BCUT2D eigenvalue weighted by atomic mass is 9.81. The summed E-state index contributed by atoms with van der Waals surface area (Å²) in [6.45, 7) is 5.48. The summed E-state index contributed by atoms with van der Waals surface area (Å²) >= 11 is 0. The highest BCUT2D eigenvalue weighted by molar-refractivity contribution is 6.11. The second kappa shape index (κ2) is 11.0. The van der Waals surface area contributed by atoms with Gasteiger partial charge in [-0.15, -0.1) is 0 Å². The average Bonchev–Trinajstić information content (AvgIpc) is 3.56. The maximum absolute atomic E-state index is 9.68. The summed E-state index contributed by atoms with van der Waals surface area (Å²) < 4.78 is 43.2. The normalized spacial score (nSPS) is 52.1. The minimum absolute atomic E-state index is 0.00699. The molecule has 6 fully saturated rings. The molecule has 6 heterocycles. The molecule has 0 aliphatic carbocycles. The maximum Gasteiger partial charge on any atom is 0.146 e. The van der Waals surface area contributed by atoms with Gasteiger partial charge >= 0.3 is 0 Å². The first-order chi connectivity index (χ1) is 17.1. The fourth-order valence-electron chi connectivity index (χ4n) is 5.97. The zero-order valence-electron chi connectivity index (χ0n) is 21.3. The number of hydrogen-bond donors (Lipinski definition) is 4. The number of rotatable bonds is 5. The van der Waals surface area contributed by atoms with Crippen LogP contribution < -0.4 is 0 Å². The number of methoxy groups -OCH3 is 2. The molecule has 6 bridgehead atoms. The van der Waals surface area contributed by atoms with Crippen molar-refractivity contribution in [2.24, 2.45) is 5.92 Å². The van der Waals surface area contributed by atoms with Crippen LogP contribution in [0.25, 0.3) is 0 Å². The Morgan fingerprint density at radius 1 is 0.972 bits per heavy atom. The van der Waals surface area contributed by atoms with E-state index in [1.165, 1.54) is 0 Å². The van der Waals surface area contributed by atoms with E-state index in [1.54, 1.807) is 14.2 Å². The van der Waals surface area contributed by atoms with Gasteiger partial charge in [-0.3, -0.25) is 0 Å². The SMILES string of the molecule is COC[C@]12O[C@@H](C)[C@H](OC1C)[C@@H]2OC.OCC12CO[C@H](CO1)[C@H]2O.[B]C1OC2(CO)COC[C@H]1[C@H]2O. The van der Waals surface area contributed by atoms with Crippen LogP contribution in [0.5, 0.6) is 0 Å². The van der Waals surface area contributed by atoms with Crippen molar-refractivity contribution < 1.29 is 58.3 Å². The minimum Gasteiger partial charge on any atom is -0.393 e. The van der Waals surface area contributed by atoms with Crippen molar-refractivity contribution in [3.63, 3.8) is 0 Å². The van der Waals surface area contributed by atoms with E-state index in [0.29, 0.717) is 26.4 Å². The summed E-state index contributed by atoms with van der Waals surface area (Å²) in [4.78, 5) is 0. The van der Waals surface area contributed by atoms with E-state index >= 15 is 0 Å². The van der Waals surface area contributed by atoms with Crippen LogP contribution >= 0.6 is 0 Å². The summed E-state index contributed by atoms with van der Waals surface area (Å²) in [6.07, 6.45) is -1.40. The molecule has 6 aliphatic rings. The minimum atomic E-state index is -0.970. The average molecular weight is 518 g/mol. The molecule has 36 heavy (non-hydrogen) atoms. The molecule has 13 heteroatoms. The zero-order valence-corrected chi connectivity index (χ0v) is 21.3. The van der Waals surface area contributed by atoms with Crippen LogP contribution in [0.3, 0.4) is 0 Å². The van der Waals surface area contributed by atoms with Gasteiger partial charge in [0.25, 0.3) is 0 Å². The number of aliphatic hydroxyl groups excluding tert-OH is 4. The van der Waals surface area contributed by atoms with Crippen molar-refractivity contribution in [3.8, 4) is 0 Å². The Bertz CT molecular complexity index is 738. The summed E-state index contributed by atoms with van der Waals surface area (Å²) in [5, 5.41) is 36.9. The van der Waals surface area contributed by atoms with Crippen LogP contribution in [0, 0.1) is 5.92 Å². The molecule has 12 nitrogen and oxygen atoms in total. The Morgan fingerprint density at radius 3 is 2.17 bits per heavy atom. The first kappa shape index (κ1) is 28.6. The van der Waals surface area contributed by atoms with E-state index in [-0.39, 0.29) is 56.3 Å². The lowest BCUT2D eigenvalue weighted by molar-refractivity contribution is -0.194. The Kier molecular flexibility index (Phi) is 8.73. The molecule has 2 radical (unpaired) electrons. The van der Waals surface area contributed by atoms with Crippen molar-refractivity contribution >= 4 is 7.85 Å². The molecule has 12 atom stereocenters. The van der Waals surface area contributed by atoms with Gasteiger partial charge in [0.05, 0.1) is 64.6 Å². The Labute approximate surface area is 212 Å². The van der Waals surface area contributed by atoms with Gasteiger partial charge < -0.3 is 58.3 Å². The molecule has 6 aliphatic heterocycles. The van der Waals surface area contributed by atoms with E-state index in [1.807, 2.05) is 13.8 Å². The van der Waals surface area contributed by atoms with E-state index in [0.717, 1.165) is 0 Å². The van der Waals surface area contributed by atoms with Gasteiger partial charge in [-0.1, -0.05) is 0 Å². The van der Waals surface area contributed by atoms with E-state index in [9.17, 15) is 10.2 Å². The Morgan fingerprint density at radius 2 is 1.69 bits per heavy atom. The third-order valence-corrected chi connectivity index (χ3v) is 8.22. The van der Waals surface area contributed by atoms with Gasteiger partial charge in [0.15, 0.2) is 0 Å². The number of fused-ring (bicyclic) bond motifs is 6. The monoisotopic (exact) mass is 518 g/mol. The maximum atomic E-state index is 9.68. The molecule has 0 spiro atoms. The Balaban J connectivity index is 0.000000128. The van der Waals surface area contributed by atoms with Crippen LogP contribution in [-0.4, -0.2) is 154 Å². The smallest absolute Gasteiger partial charge is 0.146 e. The number of ether oxygens (including phenoxy) is 8. The van der Waals surface area contributed by atoms with Crippen molar-refractivity contribution in [2.45, 2.75) is 79.4 Å². The van der Waals surface area contributed by atoms with Gasteiger partial charge in [0, 0.05) is 26.1 Å². The van der Waals surface area contributed by atoms with Gasteiger partial charge in [-0.05, 0) is 13.8 Å². The zero-order chi connectivity index (χ0) is 26.3. The topological polar surface area (TPSA) is 155 Å². The van der Waals surface area contributed by atoms with Crippen molar-refractivity contribution in [3.05, 3.63) is 0 Å². The third-order valence-electron chi connectivity index (χ3n) is 8.22. The van der Waals surface area contributed by atoms with Crippen molar-refractivity contribution in [1.82, 2.24) is 0 Å². The molecule has 4 N–H and O–H groups in total. The first-order valence-electron chi connectivity index (χ1n) is 12.3. The van der Waals surface area contributed by atoms with Gasteiger partial charge in [-0.2, -0.15) is 0 Å². The molecular formula is C23H39BO12. The predicted molar refractivity (Wildman–Crippen MR) is 123 cm³/mol. The molecule has 0 saturated carbocycles. The summed E-state index contributed by atoms with van der Waals surface area (Å²) in [6, 6.07) is -0.519. The third kappa shape index (κ3) is 4.54. The Hall–Kier alpha value is -0.415. The number of aliphatic hydroxyl groups is 4. The predicted octanol–water partition coefficient (Wildman–Crippen LogP) is -2.65. The van der Waals surface area contributed by atoms with Crippen LogP contribution in [0.1, 0.15) is 13.8 Å². The molecule has 0 amide bonds. The van der Waals surface area contributed by atoms with Crippen LogP contribution in [0.15, 0.2) is 0 Å². The molecule has 0 aromatic rings. The largest absolute Gasteiger partial charge is 0.393 e. The lowest BCUT2D eigenvalue weighted by Crippen LogP contribution is -2.52. The quantitative estimate of drug-likeness (QED) is 0.281. The highest BCUT2D eigenvalue weighted by atomic mass is 16.7. The molecule has 206 valence electrons. The molecular weight excluding hydrogens is 479 g/mol. The first-order valence-corrected chi connectivity index (χ1v) is 12.3. The van der Waals surface area contributed by atoms with Crippen LogP contribution in [0.2, 0.25) is 0 Å². The summed E-state index contributed by atoms with van der Waals surface area (Å²) in [7, 11) is 8.97. The fourth-order valence-corrected chi connectivity index (χ4v) is 5.97. The second-order valence-electron chi connectivity index (χ2n) is 10.4. The molecule has 0 aromatic carbocycles. The standard InChI is InChI=1S/C10H18O4.C7H11BO4.C6H10O4/c1-6-8-9(12-4)10(14-6,5-11-3)7(2)13-8;8-6-4-1-11-3-7(2-9,12-6)5(4)10;7-2-6-3-9-4(1-10-6)5(6)8/h6-9H,5H2,1-4H3;4-6,9-10H,1-3H2;4-5,7-8H,1-3H2/t6-,7?,8-,9-,10-;4-,5+,6?,7?;4-,5-,6?/m001/s1. The van der Waals surface area contributed by atoms with Gasteiger partial charge in [-0.25, -0.2) is 0 Å². The molecule has 6 rings (SSSR count). The lowest BCUT2D eigenvalue weighted by Gasteiger charge is -2.34.